The molecule has 1 saturated heterocycles. The summed E-state index contributed by atoms with van der Waals surface area (Å²) in [6.45, 7) is 0.654. The highest BCUT2D eigenvalue weighted by Crippen LogP contribution is 2.25. The van der Waals surface area contributed by atoms with Gasteiger partial charge >= 0.3 is 0 Å². The monoisotopic (exact) mass is 362 g/mol. The van der Waals surface area contributed by atoms with Crippen molar-refractivity contribution < 1.29 is 4.79 Å². The maximum absolute atomic E-state index is 13.0. The highest BCUT2D eigenvalue weighted by molar-refractivity contribution is 6.35. The number of carbonyl (C=O) groups excluding carboxylic acids is 1. The van der Waals surface area contributed by atoms with Gasteiger partial charge in [0.1, 0.15) is 0 Å². The summed E-state index contributed by atoms with van der Waals surface area (Å²) >= 11 is 12.1. The first-order valence-corrected chi connectivity index (χ1v) is 8.85. The second-order valence-electron chi connectivity index (χ2n) is 6.28. The maximum Gasteiger partial charge on any atom is 0.254 e. The SMILES string of the molecule is N[C@H]1CCN(C(=O)c2cc(Cl)cc(Cl)c2)[C@@H](Cc2ccccc2)C1. The minimum Gasteiger partial charge on any atom is -0.335 e. The van der Waals surface area contributed by atoms with Gasteiger partial charge in [-0.3, -0.25) is 4.79 Å². The van der Waals surface area contributed by atoms with Gasteiger partial charge in [0, 0.05) is 34.2 Å². The molecule has 0 aromatic heterocycles. The molecule has 0 aliphatic carbocycles. The molecule has 1 amide bonds. The summed E-state index contributed by atoms with van der Waals surface area (Å²) in [4.78, 5) is 14.9. The Balaban J connectivity index is 1.84. The minimum atomic E-state index is -0.0350. The number of nitrogens with two attached hydrogens (primary N) is 1. The maximum atomic E-state index is 13.0. The average Bonchev–Trinajstić information content (AvgIpc) is 2.54. The lowest BCUT2D eigenvalue weighted by Gasteiger charge is -2.38. The Morgan fingerprint density at radius 1 is 1.12 bits per heavy atom. The molecule has 24 heavy (non-hydrogen) atoms. The zero-order chi connectivity index (χ0) is 17.1. The molecule has 0 radical (unpaired) electrons. The van der Waals surface area contributed by atoms with Crippen molar-refractivity contribution in [2.75, 3.05) is 6.54 Å². The highest BCUT2D eigenvalue weighted by Gasteiger charge is 2.31. The standard InChI is InChI=1S/C19H20Cl2N2O/c20-15-9-14(10-16(21)11-15)19(24)23-7-6-17(22)12-18(23)8-13-4-2-1-3-5-13/h1-5,9-11,17-18H,6-8,12,22H2/t17-,18-/m0/s1. The lowest BCUT2D eigenvalue weighted by Crippen LogP contribution is -2.50. The van der Waals surface area contributed by atoms with Crippen LogP contribution in [0.3, 0.4) is 0 Å². The van der Waals surface area contributed by atoms with Gasteiger partial charge in [0.15, 0.2) is 0 Å². The van der Waals surface area contributed by atoms with Gasteiger partial charge in [0.2, 0.25) is 0 Å². The van der Waals surface area contributed by atoms with Crippen molar-refractivity contribution in [3.05, 3.63) is 69.7 Å². The number of rotatable bonds is 3. The van der Waals surface area contributed by atoms with Gasteiger partial charge in [-0.25, -0.2) is 0 Å². The van der Waals surface area contributed by atoms with Gasteiger partial charge < -0.3 is 10.6 Å². The Morgan fingerprint density at radius 2 is 1.79 bits per heavy atom. The number of likely N-dealkylation sites (tertiary alicyclic amines) is 1. The summed E-state index contributed by atoms with van der Waals surface area (Å²) in [7, 11) is 0. The van der Waals surface area contributed by atoms with Gasteiger partial charge in [-0.15, -0.1) is 0 Å². The Kier molecular flexibility index (Phi) is 5.44. The lowest BCUT2D eigenvalue weighted by atomic mass is 9.92. The third-order valence-electron chi connectivity index (χ3n) is 4.44. The molecule has 3 rings (SSSR count). The zero-order valence-electron chi connectivity index (χ0n) is 13.3. The summed E-state index contributed by atoms with van der Waals surface area (Å²) in [5, 5.41) is 0.943. The molecule has 2 aromatic rings. The van der Waals surface area contributed by atoms with Crippen LogP contribution in [0.4, 0.5) is 0 Å². The molecule has 2 aromatic carbocycles. The van der Waals surface area contributed by atoms with Crippen molar-refractivity contribution in [2.24, 2.45) is 5.73 Å². The molecule has 3 nitrogen and oxygen atoms in total. The molecule has 0 unspecified atom stereocenters. The van der Waals surface area contributed by atoms with Gasteiger partial charge in [0.05, 0.1) is 0 Å². The first kappa shape index (κ1) is 17.3. The van der Waals surface area contributed by atoms with Crippen LogP contribution in [0.15, 0.2) is 48.5 Å². The van der Waals surface area contributed by atoms with E-state index in [0.717, 1.165) is 19.3 Å². The van der Waals surface area contributed by atoms with Crippen LogP contribution in [0.2, 0.25) is 10.0 Å². The minimum absolute atomic E-state index is 0.0350. The van der Waals surface area contributed by atoms with Crippen molar-refractivity contribution >= 4 is 29.1 Å². The van der Waals surface area contributed by atoms with Gasteiger partial charge in [-0.2, -0.15) is 0 Å². The predicted octanol–water partition coefficient (Wildman–Crippen LogP) is 4.17. The van der Waals surface area contributed by atoms with E-state index in [4.69, 9.17) is 28.9 Å². The van der Waals surface area contributed by atoms with Crippen LogP contribution in [0.5, 0.6) is 0 Å². The number of piperidine rings is 1. The van der Waals surface area contributed by atoms with Crippen LogP contribution in [-0.2, 0) is 6.42 Å². The molecular weight excluding hydrogens is 343 g/mol. The number of hydrogen-bond donors (Lipinski definition) is 1. The molecule has 126 valence electrons. The fraction of sp³-hybridized carbons (Fsp3) is 0.316. The summed E-state index contributed by atoms with van der Waals surface area (Å²) in [5.74, 6) is -0.0350. The van der Waals surface area contributed by atoms with Crippen LogP contribution >= 0.6 is 23.2 Å². The van der Waals surface area contributed by atoms with Crippen LogP contribution in [0.1, 0.15) is 28.8 Å². The summed E-state index contributed by atoms with van der Waals surface area (Å²) in [5.41, 5.74) is 7.88. The van der Waals surface area contributed by atoms with E-state index in [0.29, 0.717) is 22.2 Å². The topological polar surface area (TPSA) is 46.3 Å². The number of hydrogen-bond acceptors (Lipinski definition) is 2. The van der Waals surface area contributed by atoms with Crippen LogP contribution in [0, 0.1) is 0 Å². The van der Waals surface area contributed by atoms with E-state index in [1.54, 1.807) is 18.2 Å². The zero-order valence-corrected chi connectivity index (χ0v) is 14.8. The Labute approximate surface area is 152 Å². The van der Waals surface area contributed by atoms with Crippen molar-refractivity contribution in [3.8, 4) is 0 Å². The van der Waals surface area contributed by atoms with Crippen molar-refractivity contribution in [2.45, 2.75) is 31.3 Å². The lowest BCUT2D eigenvalue weighted by molar-refractivity contribution is 0.0595. The first-order chi connectivity index (χ1) is 11.5. The Hall–Kier alpha value is -1.55. The fourth-order valence-corrected chi connectivity index (χ4v) is 3.80. The first-order valence-electron chi connectivity index (χ1n) is 8.09. The third-order valence-corrected chi connectivity index (χ3v) is 4.88. The molecule has 2 atom stereocenters. The molecule has 0 saturated carbocycles. The van der Waals surface area contributed by atoms with Gasteiger partial charge in [-0.05, 0) is 43.0 Å². The highest BCUT2D eigenvalue weighted by atomic mass is 35.5. The van der Waals surface area contributed by atoms with Gasteiger partial charge in [-0.1, -0.05) is 53.5 Å². The molecule has 0 spiro atoms. The van der Waals surface area contributed by atoms with E-state index in [9.17, 15) is 4.79 Å². The van der Waals surface area contributed by atoms with E-state index >= 15 is 0 Å². The number of benzene rings is 2. The Bertz CT molecular complexity index is 700. The van der Waals surface area contributed by atoms with Crippen LogP contribution in [0.25, 0.3) is 0 Å². The Morgan fingerprint density at radius 3 is 2.46 bits per heavy atom. The molecule has 0 bridgehead atoms. The number of halogens is 2. The van der Waals surface area contributed by atoms with Crippen LogP contribution < -0.4 is 5.73 Å². The van der Waals surface area contributed by atoms with Crippen molar-refractivity contribution in [3.63, 3.8) is 0 Å². The smallest absolute Gasteiger partial charge is 0.254 e. The van der Waals surface area contributed by atoms with E-state index in [2.05, 4.69) is 12.1 Å². The largest absolute Gasteiger partial charge is 0.335 e. The number of amides is 1. The average molecular weight is 363 g/mol. The number of carbonyl (C=O) groups is 1. The van der Waals surface area contributed by atoms with Crippen LogP contribution in [-0.4, -0.2) is 29.4 Å². The van der Waals surface area contributed by atoms with Crippen molar-refractivity contribution in [1.82, 2.24) is 4.90 Å². The third kappa shape index (κ3) is 4.10. The van der Waals surface area contributed by atoms with E-state index < -0.39 is 0 Å². The molecular formula is C19H20Cl2N2O. The molecule has 1 heterocycles. The van der Waals surface area contributed by atoms with E-state index in [-0.39, 0.29) is 18.0 Å². The molecule has 5 heteroatoms. The van der Waals surface area contributed by atoms with E-state index in [1.807, 2.05) is 23.1 Å². The van der Waals surface area contributed by atoms with E-state index in [1.165, 1.54) is 5.56 Å². The molecule has 1 fully saturated rings. The molecule has 1 aliphatic heterocycles. The fourth-order valence-electron chi connectivity index (χ4n) is 3.27. The molecule has 2 N–H and O–H groups in total. The summed E-state index contributed by atoms with van der Waals surface area (Å²) in [6.07, 6.45) is 2.41. The van der Waals surface area contributed by atoms with Crippen molar-refractivity contribution in [1.29, 1.82) is 0 Å². The molecule has 1 aliphatic rings. The second kappa shape index (κ2) is 7.56. The summed E-state index contributed by atoms with van der Waals surface area (Å²) in [6, 6.07) is 15.4. The van der Waals surface area contributed by atoms with Gasteiger partial charge in [0.25, 0.3) is 5.91 Å². The number of nitrogens with zero attached hydrogens (tertiary/aromatic N) is 1. The summed E-state index contributed by atoms with van der Waals surface area (Å²) < 4.78 is 0. The predicted molar refractivity (Wildman–Crippen MR) is 98.6 cm³/mol. The quantitative estimate of drug-likeness (QED) is 0.890. The normalized spacial score (nSPS) is 20.9. The second-order valence-corrected chi connectivity index (χ2v) is 7.16.